The van der Waals surface area contributed by atoms with E-state index in [0.717, 1.165) is 23.7 Å². The van der Waals surface area contributed by atoms with Gasteiger partial charge in [-0.3, -0.25) is 0 Å². The van der Waals surface area contributed by atoms with Crippen LogP contribution in [0.25, 0.3) is 0 Å². The minimum atomic E-state index is 1.02. The highest BCUT2D eigenvalue weighted by Crippen LogP contribution is 2.57. The third kappa shape index (κ3) is 0.706. The van der Waals surface area contributed by atoms with E-state index in [0.29, 0.717) is 0 Å². The predicted molar refractivity (Wildman–Crippen MR) is 46.2 cm³/mol. The minimum absolute atomic E-state index is 1.02. The molecule has 0 amide bonds. The van der Waals surface area contributed by atoms with Gasteiger partial charge in [-0.15, -0.1) is 0 Å². The molecule has 4 atom stereocenters. The van der Waals surface area contributed by atoms with Crippen LogP contribution in [0.1, 0.15) is 32.6 Å². The molecule has 0 N–H and O–H groups in total. The lowest BCUT2D eigenvalue weighted by Gasteiger charge is -2.23. The molecular formula is C11H16. The van der Waals surface area contributed by atoms with Crippen molar-refractivity contribution in [1.82, 2.24) is 0 Å². The number of hydrogen-bond acceptors (Lipinski definition) is 0. The molecule has 0 radical (unpaired) electrons. The fourth-order valence-corrected chi connectivity index (χ4v) is 3.79. The Morgan fingerprint density at radius 3 is 2.91 bits per heavy atom. The van der Waals surface area contributed by atoms with Gasteiger partial charge in [0.1, 0.15) is 0 Å². The van der Waals surface area contributed by atoms with E-state index in [1.807, 2.05) is 0 Å². The molecule has 0 aromatic carbocycles. The van der Waals surface area contributed by atoms with Crippen LogP contribution in [-0.2, 0) is 0 Å². The van der Waals surface area contributed by atoms with Crippen LogP contribution in [0.15, 0.2) is 11.6 Å². The van der Waals surface area contributed by atoms with Crippen molar-refractivity contribution in [1.29, 1.82) is 0 Å². The lowest BCUT2D eigenvalue weighted by molar-refractivity contribution is 0.284. The second-order valence-corrected chi connectivity index (χ2v) is 4.79. The van der Waals surface area contributed by atoms with Crippen molar-refractivity contribution in [2.45, 2.75) is 32.6 Å². The van der Waals surface area contributed by atoms with Gasteiger partial charge in [0.05, 0.1) is 0 Å². The van der Waals surface area contributed by atoms with E-state index in [9.17, 15) is 0 Å². The third-order valence-electron chi connectivity index (χ3n) is 4.19. The highest BCUT2D eigenvalue weighted by molar-refractivity contribution is 5.18. The van der Waals surface area contributed by atoms with E-state index < -0.39 is 0 Å². The van der Waals surface area contributed by atoms with Gasteiger partial charge >= 0.3 is 0 Å². The summed E-state index contributed by atoms with van der Waals surface area (Å²) < 4.78 is 0. The fourth-order valence-electron chi connectivity index (χ4n) is 3.79. The van der Waals surface area contributed by atoms with Gasteiger partial charge in [-0.2, -0.15) is 0 Å². The Bertz CT molecular complexity index is 214. The highest BCUT2D eigenvalue weighted by atomic mass is 14.5. The zero-order valence-electron chi connectivity index (χ0n) is 7.22. The van der Waals surface area contributed by atoms with E-state index in [4.69, 9.17) is 0 Å². The van der Waals surface area contributed by atoms with Gasteiger partial charge in [0, 0.05) is 0 Å². The van der Waals surface area contributed by atoms with Crippen LogP contribution >= 0.6 is 0 Å². The maximum atomic E-state index is 2.58. The van der Waals surface area contributed by atoms with Crippen LogP contribution in [-0.4, -0.2) is 0 Å². The van der Waals surface area contributed by atoms with Gasteiger partial charge in [-0.05, 0) is 56.3 Å². The molecule has 0 nitrogen and oxygen atoms in total. The molecule has 3 aliphatic rings. The number of fused-ring (bicyclic) bond motifs is 5. The third-order valence-corrected chi connectivity index (χ3v) is 4.19. The van der Waals surface area contributed by atoms with E-state index in [2.05, 4.69) is 13.0 Å². The number of rotatable bonds is 0. The Morgan fingerprint density at radius 1 is 1.27 bits per heavy atom. The summed E-state index contributed by atoms with van der Waals surface area (Å²) in [7, 11) is 0. The summed E-state index contributed by atoms with van der Waals surface area (Å²) in [6.07, 6.45) is 8.67. The van der Waals surface area contributed by atoms with Gasteiger partial charge in [0.2, 0.25) is 0 Å². The van der Waals surface area contributed by atoms with Gasteiger partial charge in [-0.25, -0.2) is 0 Å². The standard InChI is InChI=1S/C11H16/c1-7-4-10-8-2-3-9(6-8)11(10)5-7/h4,8-11H,2-3,5-6H2,1H3. The van der Waals surface area contributed by atoms with Crippen LogP contribution in [0.4, 0.5) is 0 Å². The maximum absolute atomic E-state index is 2.58. The lowest BCUT2D eigenvalue weighted by atomic mass is 9.81. The molecule has 0 saturated heterocycles. The Balaban J connectivity index is 1.94. The quantitative estimate of drug-likeness (QED) is 0.463. The van der Waals surface area contributed by atoms with E-state index >= 15 is 0 Å². The monoisotopic (exact) mass is 148 g/mol. The van der Waals surface area contributed by atoms with Crippen molar-refractivity contribution < 1.29 is 0 Å². The van der Waals surface area contributed by atoms with E-state index in [-0.39, 0.29) is 0 Å². The normalized spacial score (nSPS) is 53.0. The Kier molecular flexibility index (Phi) is 1.09. The molecular weight excluding hydrogens is 132 g/mol. The van der Waals surface area contributed by atoms with Crippen molar-refractivity contribution in [2.75, 3.05) is 0 Å². The first kappa shape index (κ1) is 6.28. The summed E-state index contributed by atoms with van der Waals surface area (Å²) in [6.45, 7) is 2.32. The Labute approximate surface area is 68.7 Å². The van der Waals surface area contributed by atoms with Crippen LogP contribution in [0.5, 0.6) is 0 Å². The number of hydrogen-bond donors (Lipinski definition) is 0. The molecule has 0 aromatic rings. The Morgan fingerprint density at radius 2 is 2.09 bits per heavy atom. The van der Waals surface area contributed by atoms with Crippen molar-refractivity contribution in [2.24, 2.45) is 23.7 Å². The fraction of sp³-hybridized carbons (Fsp3) is 0.818. The molecule has 4 unspecified atom stereocenters. The molecule has 0 spiro atoms. The van der Waals surface area contributed by atoms with Crippen molar-refractivity contribution >= 4 is 0 Å². The molecule has 2 saturated carbocycles. The molecule has 0 heterocycles. The van der Waals surface area contributed by atoms with Crippen molar-refractivity contribution in [3.63, 3.8) is 0 Å². The zero-order chi connectivity index (χ0) is 7.42. The lowest BCUT2D eigenvalue weighted by Crippen LogP contribution is -2.16. The summed E-state index contributed by atoms with van der Waals surface area (Å²) in [6, 6.07) is 0. The molecule has 2 fully saturated rings. The summed E-state index contributed by atoms with van der Waals surface area (Å²) >= 11 is 0. The summed E-state index contributed by atoms with van der Waals surface area (Å²) in [5.41, 5.74) is 1.68. The van der Waals surface area contributed by atoms with Gasteiger partial charge in [-0.1, -0.05) is 11.6 Å². The average molecular weight is 148 g/mol. The molecule has 0 aliphatic heterocycles. The smallest absolute Gasteiger partial charge is 0.0168 e. The first-order chi connectivity index (χ1) is 5.34. The zero-order valence-corrected chi connectivity index (χ0v) is 7.22. The molecule has 0 heteroatoms. The molecule has 11 heavy (non-hydrogen) atoms. The Hall–Kier alpha value is -0.260. The average Bonchev–Trinajstić information content (AvgIpc) is 2.53. The minimum Gasteiger partial charge on any atom is -0.0819 e. The highest BCUT2D eigenvalue weighted by Gasteiger charge is 2.48. The van der Waals surface area contributed by atoms with Crippen LogP contribution in [0.2, 0.25) is 0 Å². The summed E-state index contributed by atoms with van der Waals surface area (Å²) in [4.78, 5) is 0. The second-order valence-electron chi connectivity index (χ2n) is 4.79. The van der Waals surface area contributed by atoms with E-state index in [1.165, 1.54) is 12.8 Å². The van der Waals surface area contributed by atoms with Crippen LogP contribution < -0.4 is 0 Å². The van der Waals surface area contributed by atoms with Crippen LogP contribution in [0, 0.1) is 23.7 Å². The molecule has 0 aromatic heterocycles. The topological polar surface area (TPSA) is 0 Å². The molecule has 60 valence electrons. The predicted octanol–water partition coefficient (Wildman–Crippen LogP) is 3.00. The van der Waals surface area contributed by atoms with Gasteiger partial charge < -0.3 is 0 Å². The van der Waals surface area contributed by atoms with E-state index in [1.54, 1.807) is 18.4 Å². The summed E-state index contributed by atoms with van der Waals surface area (Å²) in [5.74, 6) is 4.34. The van der Waals surface area contributed by atoms with Gasteiger partial charge in [0.25, 0.3) is 0 Å². The number of allylic oxidation sites excluding steroid dienone is 2. The molecule has 3 aliphatic carbocycles. The second kappa shape index (κ2) is 1.91. The first-order valence-electron chi connectivity index (χ1n) is 5.02. The largest absolute Gasteiger partial charge is 0.0819 e. The molecule has 3 rings (SSSR count). The first-order valence-corrected chi connectivity index (χ1v) is 5.02. The maximum Gasteiger partial charge on any atom is -0.0168 e. The van der Waals surface area contributed by atoms with Crippen molar-refractivity contribution in [3.8, 4) is 0 Å². The van der Waals surface area contributed by atoms with Crippen molar-refractivity contribution in [3.05, 3.63) is 11.6 Å². The molecule has 2 bridgehead atoms. The summed E-state index contributed by atoms with van der Waals surface area (Å²) in [5, 5.41) is 0. The SMILES string of the molecule is CC1=CC2C3CCC(C3)C2C1. The van der Waals surface area contributed by atoms with Gasteiger partial charge in [0.15, 0.2) is 0 Å². The van der Waals surface area contributed by atoms with Crippen LogP contribution in [0.3, 0.4) is 0 Å².